The highest BCUT2D eigenvalue weighted by Gasteiger charge is 2.51. The number of hydrogen-bond donors (Lipinski definition) is 1. The van der Waals surface area contributed by atoms with Crippen LogP contribution in [0.1, 0.15) is 54.5 Å². The summed E-state index contributed by atoms with van der Waals surface area (Å²) >= 11 is 0. The summed E-state index contributed by atoms with van der Waals surface area (Å²) in [6.45, 7) is 4.41. The molecule has 0 saturated carbocycles. The Kier molecular flexibility index (Phi) is 5.33. The van der Waals surface area contributed by atoms with Gasteiger partial charge in [-0.3, -0.25) is 0 Å². The van der Waals surface area contributed by atoms with Crippen LogP contribution in [-0.2, 0) is 5.41 Å². The first-order valence-electron chi connectivity index (χ1n) is 13.6. The fourth-order valence-electron chi connectivity index (χ4n) is 6.87. The Labute approximate surface area is 225 Å². The molecule has 1 unspecified atom stereocenters. The van der Waals surface area contributed by atoms with Crippen LogP contribution in [0, 0.1) is 0 Å². The van der Waals surface area contributed by atoms with Crippen molar-refractivity contribution in [2.24, 2.45) is 0 Å². The molecule has 3 aliphatic carbocycles. The third kappa shape index (κ3) is 3.18. The van der Waals surface area contributed by atoms with E-state index < -0.39 is 0 Å². The van der Waals surface area contributed by atoms with Crippen molar-refractivity contribution in [1.82, 2.24) is 0 Å². The summed E-state index contributed by atoms with van der Waals surface area (Å²) in [5.41, 5.74) is 15.4. The van der Waals surface area contributed by atoms with Crippen molar-refractivity contribution in [2.45, 2.75) is 32.1 Å². The largest absolute Gasteiger partial charge is 0.355 e. The van der Waals surface area contributed by atoms with Crippen molar-refractivity contribution in [3.8, 4) is 11.1 Å². The maximum absolute atomic E-state index is 3.79. The van der Waals surface area contributed by atoms with Gasteiger partial charge in [0.05, 0.1) is 5.41 Å². The third-order valence-corrected chi connectivity index (χ3v) is 8.44. The lowest BCUT2D eigenvalue weighted by atomic mass is 9.69. The molecule has 3 aliphatic rings. The monoisotopic (exact) mass is 489 g/mol. The fraction of sp³-hybridized carbons (Fsp3) is 0.135. The molecule has 0 heterocycles. The molecule has 1 nitrogen and oxygen atoms in total. The number of fused-ring (bicyclic) bond motifs is 7. The molecule has 0 aliphatic heterocycles. The van der Waals surface area contributed by atoms with Crippen LogP contribution in [0.4, 0.5) is 11.4 Å². The predicted octanol–water partition coefficient (Wildman–Crippen LogP) is 9.84. The lowest BCUT2D eigenvalue weighted by Crippen LogP contribution is -2.26. The van der Waals surface area contributed by atoms with Gasteiger partial charge in [-0.15, -0.1) is 0 Å². The molecule has 0 radical (unpaired) electrons. The molecule has 1 heteroatoms. The maximum atomic E-state index is 3.79. The Morgan fingerprint density at radius 3 is 2.18 bits per heavy atom. The van der Waals surface area contributed by atoms with E-state index in [-0.39, 0.29) is 5.41 Å². The first-order chi connectivity index (χ1) is 18.7. The minimum Gasteiger partial charge on any atom is -0.355 e. The van der Waals surface area contributed by atoms with Crippen LogP contribution >= 0.6 is 0 Å². The SMILES string of the molecule is C/C=C\C1=C(C)c2ccccc2C12c1ccccc1-c1c(Nc3ccc(C4=CCCC=C4)cc3)cccc12. The first-order valence-corrected chi connectivity index (χ1v) is 13.6. The molecule has 0 fully saturated rings. The predicted molar refractivity (Wildman–Crippen MR) is 162 cm³/mol. The van der Waals surface area contributed by atoms with Crippen molar-refractivity contribution in [3.05, 3.63) is 155 Å². The van der Waals surface area contributed by atoms with E-state index in [0.717, 1.165) is 24.2 Å². The highest BCUT2D eigenvalue weighted by Crippen LogP contribution is 2.63. The van der Waals surface area contributed by atoms with Crippen LogP contribution in [0.2, 0.25) is 0 Å². The van der Waals surface area contributed by atoms with Crippen LogP contribution < -0.4 is 5.32 Å². The second-order valence-corrected chi connectivity index (χ2v) is 10.4. The van der Waals surface area contributed by atoms with Crippen LogP contribution in [0.5, 0.6) is 0 Å². The van der Waals surface area contributed by atoms with Gasteiger partial charge < -0.3 is 5.32 Å². The van der Waals surface area contributed by atoms with Gasteiger partial charge in [0.25, 0.3) is 0 Å². The van der Waals surface area contributed by atoms with Gasteiger partial charge in [-0.2, -0.15) is 0 Å². The number of rotatable bonds is 4. The second-order valence-electron chi connectivity index (χ2n) is 10.4. The maximum Gasteiger partial charge on any atom is 0.0722 e. The average Bonchev–Trinajstić information content (AvgIpc) is 3.41. The third-order valence-electron chi connectivity index (χ3n) is 8.44. The van der Waals surface area contributed by atoms with E-state index in [0.29, 0.717) is 0 Å². The first kappa shape index (κ1) is 22.8. The van der Waals surface area contributed by atoms with Crippen molar-refractivity contribution in [3.63, 3.8) is 0 Å². The van der Waals surface area contributed by atoms with Crippen LogP contribution in [0.3, 0.4) is 0 Å². The van der Waals surface area contributed by atoms with Gasteiger partial charge in [0, 0.05) is 16.9 Å². The van der Waals surface area contributed by atoms with Gasteiger partial charge >= 0.3 is 0 Å². The summed E-state index contributed by atoms with van der Waals surface area (Å²) < 4.78 is 0. The van der Waals surface area contributed by atoms with Crippen LogP contribution in [0.25, 0.3) is 22.3 Å². The minimum absolute atomic E-state index is 0.305. The molecule has 4 aromatic carbocycles. The molecule has 184 valence electrons. The highest BCUT2D eigenvalue weighted by molar-refractivity contribution is 5.99. The molecule has 4 aromatic rings. The van der Waals surface area contributed by atoms with Crippen molar-refractivity contribution in [1.29, 1.82) is 0 Å². The molecular formula is C37H31N. The van der Waals surface area contributed by atoms with Gasteiger partial charge in [-0.05, 0) is 95.0 Å². The lowest BCUT2D eigenvalue weighted by Gasteiger charge is -2.31. The van der Waals surface area contributed by atoms with Gasteiger partial charge in [-0.25, -0.2) is 0 Å². The molecule has 0 bridgehead atoms. The zero-order valence-electron chi connectivity index (χ0n) is 22.0. The Morgan fingerprint density at radius 1 is 0.737 bits per heavy atom. The van der Waals surface area contributed by atoms with Gasteiger partial charge in [-0.1, -0.05) is 103 Å². The Morgan fingerprint density at radius 2 is 1.45 bits per heavy atom. The van der Waals surface area contributed by atoms with Crippen molar-refractivity contribution in [2.75, 3.05) is 5.32 Å². The number of hydrogen-bond acceptors (Lipinski definition) is 1. The summed E-state index contributed by atoms with van der Waals surface area (Å²) in [6, 6.07) is 33.6. The molecular weight excluding hydrogens is 458 g/mol. The summed E-state index contributed by atoms with van der Waals surface area (Å²) in [6.07, 6.45) is 13.6. The number of allylic oxidation sites excluding steroid dienone is 8. The molecule has 7 rings (SSSR count). The van der Waals surface area contributed by atoms with Crippen molar-refractivity contribution >= 4 is 22.5 Å². The van der Waals surface area contributed by atoms with Gasteiger partial charge in [0.2, 0.25) is 0 Å². The summed E-state index contributed by atoms with van der Waals surface area (Å²) in [7, 11) is 0. The minimum atomic E-state index is -0.305. The van der Waals surface area contributed by atoms with E-state index in [1.807, 2.05) is 0 Å². The van der Waals surface area contributed by atoms with E-state index >= 15 is 0 Å². The van der Waals surface area contributed by atoms with E-state index in [9.17, 15) is 0 Å². The lowest BCUT2D eigenvalue weighted by molar-refractivity contribution is 0.785. The van der Waals surface area contributed by atoms with E-state index in [2.05, 4.69) is 141 Å². The summed E-state index contributed by atoms with van der Waals surface area (Å²) in [5.74, 6) is 0. The van der Waals surface area contributed by atoms with Gasteiger partial charge in [0.15, 0.2) is 0 Å². The topological polar surface area (TPSA) is 12.0 Å². The molecule has 0 amide bonds. The molecule has 0 saturated heterocycles. The zero-order valence-corrected chi connectivity index (χ0v) is 22.0. The quantitative estimate of drug-likeness (QED) is 0.301. The second kappa shape index (κ2) is 8.89. The average molecular weight is 490 g/mol. The van der Waals surface area contributed by atoms with E-state index in [1.54, 1.807) is 0 Å². The molecule has 1 spiro atoms. The normalized spacial score (nSPS) is 19.1. The van der Waals surface area contributed by atoms with Crippen LogP contribution in [0.15, 0.2) is 127 Å². The van der Waals surface area contributed by atoms with E-state index in [4.69, 9.17) is 0 Å². The number of anilines is 2. The smallest absolute Gasteiger partial charge is 0.0722 e. The zero-order chi connectivity index (χ0) is 25.7. The molecule has 1 N–H and O–H groups in total. The Hall–Kier alpha value is -4.36. The van der Waals surface area contributed by atoms with E-state index in [1.165, 1.54) is 55.7 Å². The Balaban J connectivity index is 1.40. The number of benzene rings is 4. The van der Waals surface area contributed by atoms with Crippen LogP contribution in [-0.4, -0.2) is 0 Å². The fourth-order valence-corrected chi connectivity index (χ4v) is 6.87. The summed E-state index contributed by atoms with van der Waals surface area (Å²) in [5, 5.41) is 3.79. The number of nitrogens with one attached hydrogen (secondary N) is 1. The Bertz CT molecular complexity index is 1690. The van der Waals surface area contributed by atoms with Crippen molar-refractivity contribution < 1.29 is 0 Å². The molecule has 38 heavy (non-hydrogen) atoms. The summed E-state index contributed by atoms with van der Waals surface area (Å²) in [4.78, 5) is 0. The molecule has 1 atom stereocenters. The highest BCUT2D eigenvalue weighted by atomic mass is 14.9. The standard InChI is InChI=1S/C37H31N/c1-3-12-31-25(2)29-15-7-9-17-32(29)37(31)33-18-10-8-16-30(33)36-34(37)19-11-20-35(36)38-28-23-21-27(22-24-28)26-13-5-4-6-14-26/h3,5,7-24,38H,4,6H2,1-2H3/b12-3-. The molecule has 0 aromatic heterocycles. The van der Waals surface area contributed by atoms with Gasteiger partial charge in [0.1, 0.15) is 0 Å².